The number of non-ortho nitro benzene ring substituents is 1. The number of alkyl halides is 9. The van der Waals surface area contributed by atoms with Gasteiger partial charge in [-0.15, -0.1) is 47.2 Å². The summed E-state index contributed by atoms with van der Waals surface area (Å²) in [6.07, 6.45) is -0.348. The van der Waals surface area contributed by atoms with Crippen molar-refractivity contribution in [3.05, 3.63) is 221 Å². The minimum absolute atomic E-state index is 0. The summed E-state index contributed by atoms with van der Waals surface area (Å²) >= 11 is 20.7. The van der Waals surface area contributed by atoms with Crippen LogP contribution in [-0.4, -0.2) is 301 Å². The third kappa shape index (κ3) is 44.7. The van der Waals surface area contributed by atoms with Crippen LogP contribution in [0.25, 0.3) is 54.5 Å². The van der Waals surface area contributed by atoms with Crippen molar-refractivity contribution < 1.29 is 96.4 Å². The minimum atomic E-state index is -4.64. The Bertz CT molecular complexity index is 4880. The van der Waals surface area contributed by atoms with Crippen LogP contribution in [-0.2, 0) is 33.6 Å². The molecule has 14 rings (SSSR count). The second-order valence-corrected chi connectivity index (χ2v) is 33.4. The van der Waals surface area contributed by atoms with Crippen LogP contribution in [0.15, 0.2) is 189 Å². The number of aryl methyl sites for hydroxylation is 1. The number of aliphatic hydroxyl groups excluding tert-OH is 4. The number of Topliss-reactive ketones (excluding diaryl/α,β-unsaturated/α-hetero) is 1. The number of phenols is 5. The molecule has 0 saturated carbocycles. The van der Waals surface area contributed by atoms with Gasteiger partial charge in [-0.1, -0.05) is 118 Å². The molecule has 3 aliphatic heterocycles. The second kappa shape index (κ2) is 65.8. The van der Waals surface area contributed by atoms with Crippen LogP contribution < -0.4 is 5.32 Å². The Hall–Kier alpha value is -9.70. The SMILES string of the molecule is CC[SiH](CC)CC.CO.Cl.O=C(CCl)c1ccc(O)c2ncccc12.O=C(Cl)CCl.O=CC(F)(F)F.O=CC(F)(F)F.O=[N+]([O-])c1ccccc1.OCCN1CCN(CCc2ccc(O)c3ncccc23)CC1.OCCN1CCN(CCc2ccc(O)c3ncccc23)CC1.OCCN1CCNCC1.Oc1ccc(CCCl)c2cccnc12.Oc1cccc2cccnc12. The maximum absolute atomic E-state index is 11.5. The first-order valence-corrected chi connectivity index (χ1v) is 45.4. The van der Waals surface area contributed by atoms with Gasteiger partial charge in [0.1, 0.15) is 56.3 Å². The van der Waals surface area contributed by atoms with Crippen molar-refractivity contribution >= 4 is 151 Å². The number of nitrogens with one attached hydrogen (secondary N) is 1. The number of nitrogens with zero attached hydrogens (tertiary/aromatic N) is 11. The van der Waals surface area contributed by atoms with E-state index in [9.17, 15) is 71.6 Å². The number of carbonyl (C=O) groups excluding carboxylic acids is 4. The van der Waals surface area contributed by atoms with Crippen LogP contribution in [0.3, 0.4) is 0 Å². The summed E-state index contributed by atoms with van der Waals surface area (Å²) in [6, 6.07) is 50.7. The van der Waals surface area contributed by atoms with E-state index in [1.807, 2.05) is 72.8 Å². The maximum Gasteiger partial charge on any atom is 0.446 e. The third-order valence-electron chi connectivity index (χ3n) is 19.5. The molecule has 0 radical (unpaired) electrons. The highest BCUT2D eigenvalue weighted by Crippen LogP contribution is 2.31. The zero-order chi connectivity index (χ0) is 94.8. The Morgan fingerprint density at radius 1 is 0.442 bits per heavy atom. The van der Waals surface area contributed by atoms with E-state index in [0.29, 0.717) is 51.0 Å². The molecule has 706 valence electrons. The van der Waals surface area contributed by atoms with Crippen LogP contribution >= 0.6 is 58.8 Å². The normalized spacial score (nSPS) is 13.2. The Balaban J connectivity index is 0.000000495. The number of para-hydroxylation sites is 2. The largest absolute Gasteiger partial charge is 0.506 e. The van der Waals surface area contributed by atoms with Crippen molar-refractivity contribution in [2.45, 2.75) is 70.5 Å². The van der Waals surface area contributed by atoms with Gasteiger partial charge < -0.3 is 61.1 Å². The predicted molar refractivity (Wildman–Crippen MR) is 503 cm³/mol. The first kappa shape index (κ1) is 115. The first-order chi connectivity index (χ1) is 61.5. The quantitative estimate of drug-likeness (QED) is 0.00467. The summed E-state index contributed by atoms with van der Waals surface area (Å²) in [4.78, 5) is 80.4. The number of aldehydes is 2. The van der Waals surface area contributed by atoms with Gasteiger partial charge in [0.05, 0.1) is 36.5 Å². The number of nitro benzene ring substituents is 1. The van der Waals surface area contributed by atoms with E-state index in [2.05, 4.69) is 75.5 Å². The molecule has 3 fully saturated rings. The summed E-state index contributed by atoms with van der Waals surface area (Å²) < 4.78 is 62.5. The molecule has 0 atom stereocenters. The summed E-state index contributed by atoms with van der Waals surface area (Å²) in [6.45, 7) is 24.8. The van der Waals surface area contributed by atoms with E-state index < -0.39 is 35.1 Å². The lowest BCUT2D eigenvalue weighted by molar-refractivity contribution is -0.384. The number of nitro groups is 1. The molecule has 0 aliphatic carbocycles. The average Bonchev–Trinajstić information content (AvgIpc) is 0.827. The lowest BCUT2D eigenvalue weighted by Crippen LogP contribution is -2.47. The minimum Gasteiger partial charge on any atom is -0.506 e. The van der Waals surface area contributed by atoms with Gasteiger partial charge in [-0.05, 0) is 114 Å². The number of piperazine rings is 3. The molecule has 6 aromatic carbocycles. The fourth-order valence-electron chi connectivity index (χ4n) is 12.8. The number of rotatable bonds is 21. The smallest absolute Gasteiger partial charge is 0.446 e. The summed E-state index contributed by atoms with van der Waals surface area (Å²) in [5, 5.41) is 99.1. The van der Waals surface area contributed by atoms with Crippen molar-refractivity contribution in [1.29, 1.82) is 0 Å². The Kier molecular flexibility index (Phi) is 58.8. The average molecular weight is 1920 g/mol. The Labute approximate surface area is 774 Å². The van der Waals surface area contributed by atoms with Crippen molar-refractivity contribution in [1.82, 2.24) is 54.7 Å². The first-order valence-electron chi connectivity index (χ1n) is 41.0. The van der Waals surface area contributed by atoms with E-state index in [1.165, 1.54) is 47.5 Å². The van der Waals surface area contributed by atoms with E-state index in [1.54, 1.807) is 97.7 Å². The molecule has 0 spiro atoms. The number of fused-ring (bicyclic) bond motifs is 5. The van der Waals surface area contributed by atoms with Crippen LogP contribution in [0.4, 0.5) is 32.0 Å². The molecule has 11 aromatic rings. The lowest BCUT2D eigenvalue weighted by atomic mass is 10.0. The number of aliphatic hydroxyl groups is 4. The number of aromatic nitrogens is 5. The van der Waals surface area contributed by atoms with E-state index >= 15 is 0 Å². The van der Waals surface area contributed by atoms with Gasteiger partial charge in [-0.3, -0.25) is 68.9 Å². The van der Waals surface area contributed by atoms with Gasteiger partial charge in [0.25, 0.3) is 5.69 Å². The Morgan fingerprint density at radius 2 is 0.752 bits per heavy atom. The molecular weight excluding hydrogens is 1810 g/mol. The molecule has 10 N–H and O–H groups in total. The van der Waals surface area contributed by atoms with Crippen LogP contribution in [0, 0.1) is 10.1 Å². The molecule has 0 bridgehead atoms. The molecule has 8 heterocycles. The number of benzene rings is 6. The highest BCUT2D eigenvalue weighted by atomic mass is 35.5. The van der Waals surface area contributed by atoms with Crippen molar-refractivity contribution in [2.75, 3.05) is 156 Å². The molecule has 39 heteroatoms. The Morgan fingerprint density at radius 3 is 1.06 bits per heavy atom. The van der Waals surface area contributed by atoms with Crippen molar-refractivity contribution in [3.8, 4) is 28.7 Å². The number of hydrogen-bond donors (Lipinski definition) is 10. The summed E-state index contributed by atoms with van der Waals surface area (Å²) in [5.41, 5.74) is 7.33. The van der Waals surface area contributed by atoms with E-state index in [-0.39, 0.29) is 86.4 Å². The molecule has 3 aliphatic rings. The maximum atomic E-state index is 11.5. The number of aromatic hydroxyl groups is 5. The lowest BCUT2D eigenvalue weighted by Gasteiger charge is -2.34. The van der Waals surface area contributed by atoms with Crippen LogP contribution in [0.1, 0.15) is 47.8 Å². The number of phenolic OH excluding ortho intramolecular Hbond substituents is 5. The van der Waals surface area contributed by atoms with Crippen molar-refractivity contribution in [3.63, 3.8) is 0 Å². The van der Waals surface area contributed by atoms with Gasteiger partial charge in [0, 0.05) is 209 Å². The van der Waals surface area contributed by atoms with Gasteiger partial charge >= 0.3 is 12.4 Å². The predicted octanol–water partition coefficient (Wildman–Crippen LogP) is 14.5. The highest BCUT2D eigenvalue weighted by molar-refractivity contribution is 6.67. The monoisotopic (exact) mass is 1920 g/mol. The molecule has 27 nitrogen and oxygen atoms in total. The van der Waals surface area contributed by atoms with Crippen LogP contribution in [0.5, 0.6) is 28.7 Å². The zero-order valence-electron chi connectivity index (χ0n) is 72.2. The van der Waals surface area contributed by atoms with E-state index in [4.69, 9.17) is 76.4 Å². The number of hydrogen-bond acceptors (Lipinski definition) is 26. The fraction of sp³-hybridized carbons (Fsp3) is 0.389. The summed E-state index contributed by atoms with van der Waals surface area (Å²) in [7, 11) is 0.829. The number of halogens is 11. The number of β-amino-alcohol motifs (C(OH)–C–C–N with tert-alkyl or cyclic N) is 3. The standard InChI is InChI=1S/2C17H23N3O2.C11H8ClNO2.C11H10ClNO.C9H7NO.C6H14N2O.C6H5NO2.C6H16Si.C2H2Cl2O.2C2HF3O.CH4O.ClH/c2*21-13-12-20-10-8-19(9-11-20)7-5-14-3-4-16(22)17-15(14)2-1-6-18-17;12-6-10(15)7-3-4-9(14)11-8(7)2-1-5-13-11;12-6-5-8-3-4-10(14)11-9(8)2-1-7-13-11;11-8-5-1-3-7-4-2-6-10-9(7)8;9-6-5-8-3-1-7-2-4-8;8-7(9)6-4-2-1-3-5-6;1-4-7(5-2)6-3;3-1-2(4)5;2*3-2(4,5)1-6;1-2;/h2*1-4,6,21-22H,5,7-13H2;1-5,14H,6H2;1-4,7,14H,5-6H2;1-6,11H;7,9H,1-6H2;1-5H;7H,4-6H2,1-3H3;1H2;2*1H;2H,1H3;1H. The second-order valence-electron chi connectivity index (χ2n) is 27.9. The molecular formula is C90H115Cl5F6N12O15Si. The van der Waals surface area contributed by atoms with Gasteiger partial charge in [0.15, 0.2) is 5.78 Å². The number of pyridine rings is 5. The molecule has 0 unspecified atom stereocenters. The van der Waals surface area contributed by atoms with Gasteiger partial charge in [0.2, 0.25) is 17.8 Å². The number of carbonyl (C=O) groups is 4. The molecule has 3 saturated heterocycles. The van der Waals surface area contributed by atoms with Gasteiger partial charge in [-0.25, -0.2) is 0 Å². The summed E-state index contributed by atoms with van der Waals surface area (Å²) in [5.74, 6) is 1.26. The topological polar surface area (TPSA) is 386 Å². The van der Waals surface area contributed by atoms with Crippen molar-refractivity contribution in [2.24, 2.45) is 0 Å². The molecule has 5 aromatic heterocycles. The highest BCUT2D eigenvalue weighted by Gasteiger charge is 2.26. The zero-order valence-corrected chi connectivity index (χ0v) is 77.2. The number of ketones is 1. The third-order valence-corrected chi connectivity index (χ3v) is 23.9. The molecule has 129 heavy (non-hydrogen) atoms. The fourth-order valence-corrected chi connectivity index (χ4v) is 14.9. The van der Waals surface area contributed by atoms with E-state index in [0.717, 1.165) is 165 Å². The van der Waals surface area contributed by atoms with Gasteiger partial charge in [-0.2, -0.15) is 26.3 Å². The molecule has 0 amide bonds. The van der Waals surface area contributed by atoms with Crippen LogP contribution in [0.2, 0.25) is 18.1 Å².